The lowest BCUT2D eigenvalue weighted by atomic mass is 9.90. The van der Waals surface area contributed by atoms with Gasteiger partial charge in [-0.2, -0.15) is 10.2 Å². The summed E-state index contributed by atoms with van der Waals surface area (Å²) in [6.45, 7) is 10.8. The lowest BCUT2D eigenvalue weighted by Crippen LogP contribution is -2.40. The van der Waals surface area contributed by atoms with Crippen LogP contribution in [0.4, 0.5) is 10.1 Å². The Morgan fingerprint density at radius 3 is 2.37 bits per heavy atom. The molecular formula is C47H52FN10O6P. The molecule has 338 valence electrons. The van der Waals surface area contributed by atoms with Gasteiger partial charge in [-0.1, -0.05) is 25.1 Å². The van der Waals surface area contributed by atoms with Crippen LogP contribution in [0.25, 0.3) is 22.7 Å². The predicted octanol–water partition coefficient (Wildman–Crippen LogP) is 6.70. The summed E-state index contributed by atoms with van der Waals surface area (Å²) in [6, 6.07) is 12.4. The Morgan fingerprint density at radius 1 is 0.985 bits per heavy atom. The van der Waals surface area contributed by atoms with Crippen LogP contribution in [-0.4, -0.2) is 88.6 Å². The van der Waals surface area contributed by atoms with E-state index in [0.717, 1.165) is 29.2 Å². The molecule has 5 aromatic heterocycles. The molecule has 0 radical (unpaired) electrons. The number of nitrogens with zero attached hydrogens (tertiary/aromatic N) is 8. The Labute approximate surface area is 373 Å². The van der Waals surface area contributed by atoms with Crippen LogP contribution in [0.5, 0.6) is 0 Å². The molecule has 7 heterocycles. The molecule has 0 unspecified atom stereocenters. The van der Waals surface area contributed by atoms with Gasteiger partial charge >= 0.3 is 11.4 Å². The summed E-state index contributed by atoms with van der Waals surface area (Å²) in [4.78, 5) is 47.0. The second-order valence-electron chi connectivity index (χ2n) is 17.6. The summed E-state index contributed by atoms with van der Waals surface area (Å²) in [5, 5.41) is 18.2. The van der Waals surface area contributed by atoms with E-state index >= 15 is 9.18 Å². The first-order valence-corrected chi connectivity index (χ1v) is 24.5. The zero-order valence-electron chi connectivity index (χ0n) is 37.4. The molecule has 3 aliphatic rings. The third-order valence-corrected chi connectivity index (χ3v) is 17.3. The fraction of sp³-hybridized carbons (Fsp3) is 0.404. The second-order valence-corrected chi connectivity index (χ2v) is 21.2. The van der Waals surface area contributed by atoms with Crippen LogP contribution in [0.2, 0.25) is 0 Å². The lowest BCUT2D eigenvalue weighted by molar-refractivity contribution is 0.0669. The van der Waals surface area contributed by atoms with Crippen molar-refractivity contribution in [3.63, 3.8) is 0 Å². The van der Waals surface area contributed by atoms with Gasteiger partial charge in [0.1, 0.15) is 18.8 Å². The van der Waals surface area contributed by atoms with Crippen LogP contribution >= 0.6 is 7.14 Å². The number of carbonyl (C=O) groups is 1. The van der Waals surface area contributed by atoms with E-state index in [1.165, 1.54) is 9.13 Å². The number of H-pyrrole nitrogens is 1. The molecule has 1 saturated carbocycles. The molecule has 1 aliphatic carbocycles. The van der Waals surface area contributed by atoms with Crippen molar-refractivity contribution in [2.75, 3.05) is 44.4 Å². The van der Waals surface area contributed by atoms with Crippen LogP contribution in [0.3, 0.4) is 0 Å². The Hall–Kier alpha value is -6.32. The summed E-state index contributed by atoms with van der Waals surface area (Å²) in [7, 11) is -0.877. The maximum Gasteiger partial charge on any atom is 0.438 e. The van der Waals surface area contributed by atoms with Gasteiger partial charge in [0.25, 0.3) is 5.91 Å². The number of imidazole rings is 1. The molecule has 0 spiro atoms. The highest BCUT2D eigenvalue weighted by molar-refractivity contribution is 7.71. The minimum atomic E-state index is -2.65. The molecule has 2 fully saturated rings. The Kier molecular flexibility index (Phi) is 10.5. The smallest absolute Gasteiger partial charge is 0.387 e. The molecule has 2 N–H and O–H groups in total. The summed E-state index contributed by atoms with van der Waals surface area (Å²) >= 11 is 0. The zero-order chi connectivity index (χ0) is 45.5. The molecule has 7 aromatic rings. The average molecular weight is 903 g/mol. The highest BCUT2D eigenvalue weighted by Gasteiger charge is 2.54. The topological polar surface area (TPSA) is 180 Å². The highest BCUT2D eigenvalue weighted by Crippen LogP contribution is 2.55. The van der Waals surface area contributed by atoms with E-state index in [2.05, 4.69) is 21.5 Å². The quantitative estimate of drug-likeness (QED) is 0.133. The standard InChI is InChI=1S/C47H52FN10O6P/c1-7-65(62,8-2)37-12-10-32(25-35(37)49-6)55-19-20-56(46(55)61)42-38-29(5)54(18-13-34(38)51-58(42)33-23-27(3)40(48)28(4)24-33)43(59)41-39(47(16-17-47)44-50-45(60)64-53-44)36-11-9-31(26-57(36)52-41)30-14-21-63-22-15-30/h9-12,19-20,23-26,29-30,49H,7-8,13-18,21-22H2,1-6H3,(H,50,53,60)/t29-/m0/s1. The summed E-state index contributed by atoms with van der Waals surface area (Å²) in [6.07, 6.45) is 9.76. The monoisotopic (exact) mass is 902 g/mol. The number of ether oxygens (including phenoxy) is 1. The van der Waals surface area contributed by atoms with E-state index in [1.807, 2.05) is 51.2 Å². The van der Waals surface area contributed by atoms with Crippen LogP contribution < -0.4 is 22.1 Å². The van der Waals surface area contributed by atoms with Crippen LogP contribution in [0.1, 0.15) is 108 Å². The van der Waals surface area contributed by atoms with Crippen molar-refractivity contribution in [1.29, 1.82) is 0 Å². The van der Waals surface area contributed by atoms with E-state index < -0.39 is 30.0 Å². The largest absolute Gasteiger partial charge is 0.438 e. The minimum Gasteiger partial charge on any atom is -0.387 e. The molecule has 1 atom stereocenters. The third-order valence-electron chi connectivity index (χ3n) is 14.0. The number of nitrogens with one attached hydrogen (secondary N) is 2. The van der Waals surface area contributed by atoms with Gasteiger partial charge in [0.15, 0.2) is 11.5 Å². The van der Waals surface area contributed by atoms with Crippen molar-refractivity contribution in [1.82, 2.24) is 43.6 Å². The Morgan fingerprint density at radius 2 is 1.71 bits per heavy atom. The number of halogens is 1. The summed E-state index contributed by atoms with van der Waals surface area (Å²) < 4.78 is 46.1. The molecule has 16 nitrogen and oxygen atoms in total. The number of hydrogen-bond donors (Lipinski definition) is 2. The van der Waals surface area contributed by atoms with Crippen LogP contribution in [0, 0.1) is 19.7 Å². The first kappa shape index (κ1) is 42.6. The fourth-order valence-corrected chi connectivity index (χ4v) is 12.3. The molecule has 1 saturated heterocycles. The van der Waals surface area contributed by atoms with Gasteiger partial charge in [-0.3, -0.25) is 23.4 Å². The molecule has 0 bridgehead atoms. The molecule has 1 amide bonds. The lowest BCUT2D eigenvalue weighted by Gasteiger charge is -2.33. The van der Waals surface area contributed by atoms with Crippen LogP contribution in [-0.2, 0) is 21.1 Å². The van der Waals surface area contributed by atoms with Crippen molar-refractivity contribution < 1.29 is 23.0 Å². The number of benzene rings is 2. The van der Waals surface area contributed by atoms with Gasteiger partial charge in [0, 0.05) is 86.3 Å². The van der Waals surface area contributed by atoms with E-state index in [-0.39, 0.29) is 23.3 Å². The number of rotatable bonds is 11. The van der Waals surface area contributed by atoms with Gasteiger partial charge in [-0.05, 0) is 105 Å². The Bertz CT molecular complexity index is 3170. The number of fused-ring (bicyclic) bond motifs is 2. The van der Waals surface area contributed by atoms with Gasteiger partial charge in [0.2, 0.25) is 0 Å². The molecule has 65 heavy (non-hydrogen) atoms. The van der Waals surface area contributed by atoms with Crippen molar-refractivity contribution in [3.05, 3.63) is 133 Å². The minimum absolute atomic E-state index is 0.243. The molecular weight excluding hydrogens is 851 g/mol. The number of anilines is 1. The third kappa shape index (κ3) is 6.84. The number of pyridine rings is 1. The Balaban J connectivity index is 1.10. The van der Waals surface area contributed by atoms with Crippen molar-refractivity contribution >= 4 is 29.6 Å². The van der Waals surface area contributed by atoms with E-state index in [0.29, 0.717) is 108 Å². The number of amides is 1. The number of hydrogen-bond acceptors (Lipinski definition) is 10. The van der Waals surface area contributed by atoms with Crippen molar-refractivity contribution in [2.45, 2.75) is 84.1 Å². The second kappa shape index (κ2) is 16.0. The zero-order valence-corrected chi connectivity index (χ0v) is 38.2. The highest BCUT2D eigenvalue weighted by atomic mass is 31.2. The van der Waals surface area contributed by atoms with Gasteiger partial charge < -0.3 is 19.5 Å². The predicted molar refractivity (Wildman–Crippen MR) is 244 cm³/mol. The molecule has 10 rings (SSSR count). The average Bonchev–Trinajstić information content (AvgIpc) is 3.60. The van der Waals surface area contributed by atoms with Gasteiger partial charge in [-0.25, -0.2) is 23.2 Å². The summed E-state index contributed by atoms with van der Waals surface area (Å²) in [5.41, 5.74) is 5.59. The maximum atomic E-state index is 15.4. The van der Waals surface area contributed by atoms with E-state index in [9.17, 15) is 14.2 Å². The molecule has 18 heteroatoms. The molecule has 2 aromatic carbocycles. The van der Waals surface area contributed by atoms with E-state index in [1.54, 1.807) is 59.5 Å². The van der Waals surface area contributed by atoms with Gasteiger partial charge in [-0.15, -0.1) is 0 Å². The normalized spacial score (nSPS) is 17.5. The number of carbonyl (C=O) groups excluding carboxylic acids is 1. The number of aryl methyl sites for hydroxylation is 2. The van der Waals surface area contributed by atoms with Crippen molar-refractivity contribution in [2.24, 2.45) is 0 Å². The van der Waals surface area contributed by atoms with Crippen LogP contribution in [0.15, 0.2) is 75.2 Å². The fourth-order valence-electron chi connectivity index (χ4n) is 10.2. The van der Waals surface area contributed by atoms with Crippen molar-refractivity contribution in [3.8, 4) is 17.2 Å². The summed E-state index contributed by atoms with van der Waals surface area (Å²) in [5.74, 6) is -0.261. The number of aromatic amines is 1. The van der Waals surface area contributed by atoms with Gasteiger partial charge in [0.05, 0.1) is 34.0 Å². The number of aromatic nitrogens is 8. The SMILES string of the molecule is CCP(=O)(CC)c1ccc(-n2ccn(-c3c4c(nn3-c3cc(C)c(F)c(C)c3)CCN(C(=O)c3nn5cc(C6CCOCC6)ccc5c3C3(c5noc(=O)[nH]5)CC3)[C@H]4C)c2=O)cc1NC. The molecule has 2 aliphatic heterocycles. The van der Waals surface area contributed by atoms with E-state index in [4.69, 9.17) is 19.5 Å². The first-order valence-electron chi connectivity index (χ1n) is 22.4. The maximum absolute atomic E-state index is 15.4. The first-order chi connectivity index (χ1) is 31.3.